The third-order valence-corrected chi connectivity index (χ3v) is 9.06. The molecular formula is C36H34ClF3N6O5S. The summed E-state index contributed by atoms with van der Waals surface area (Å²) in [4.78, 5) is 32.7. The van der Waals surface area contributed by atoms with Crippen molar-refractivity contribution in [3.05, 3.63) is 81.7 Å². The number of thiophene rings is 1. The lowest BCUT2D eigenvalue weighted by Gasteiger charge is -2.19. The van der Waals surface area contributed by atoms with Crippen molar-refractivity contribution in [2.24, 2.45) is 0 Å². The van der Waals surface area contributed by atoms with Crippen LogP contribution in [-0.2, 0) is 17.8 Å². The van der Waals surface area contributed by atoms with Gasteiger partial charge in [0.05, 0.1) is 21.0 Å². The van der Waals surface area contributed by atoms with Crippen molar-refractivity contribution < 1.29 is 37.3 Å². The van der Waals surface area contributed by atoms with Crippen LogP contribution in [0, 0.1) is 18.8 Å². The third-order valence-electron chi connectivity index (χ3n) is 7.58. The molecule has 0 aliphatic rings. The molecule has 1 atom stereocenters. The number of nitrogens with zero attached hydrogens (tertiary/aromatic N) is 5. The number of hydrogen-bond acceptors (Lipinski definition) is 11. The molecule has 0 bridgehead atoms. The molecule has 52 heavy (non-hydrogen) atoms. The number of anilines is 1. The predicted octanol–water partition coefficient (Wildman–Crippen LogP) is 7.05. The second-order valence-corrected chi connectivity index (χ2v) is 13.0. The summed E-state index contributed by atoms with van der Waals surface area (Å²) in [5.41, 5.74) is 3.05. The lowest BCUT2D eigenvalue weighted by Crippen LogP contribution is -2.32. The maximum absolute atomic E-state index is 12.7. The molecule has 0 saturated heterocycles. The van der Waals surface area contributed by atoms with Gasteiger partial charge in [0.25, 0.3) is 0 Å². The Kier molecular flexibility index (Phi) is 12.4. The van der Waals surface area contributed by atoms with Crippen LogP contribution in [0.25, 0.3) is 21.3 Å². The topological polar surface area (TPSA) is 132 Å². The summed E-state index contributed by atoms with van der Waals surface area (Å²) in [5.74, 6) is 6.17. The van der Waals surface area contributed by atoms with Gasteiger partial charge in [0.1, 0.15) is 47.7 Å². The van der Waals surface area contributed by atoms with Crippen LogP contribution in [0.15, 0.2) is 55.0 Å². The Morgan fingerprint density at radius 1 is 1.08 bits per heavy atom. The van der Waals surface area contributed by atoms with Crippen LogP contribution in [0.4, 0.5) is 19.0 Å². The number of ether oxygens (including phenoxy) is 3. The lowest BCUT2D eigenvalue weighted by atomic mass is 9.97. The Morgan fingerprint density at radius 2 is 1.87 bits per heavy atom. The number of nitrogens with one attached hydrogen (secondary N) is 1. The number of aromatic nitrogens is 4. The molecule has 3 aromatic heterocycles. The monoisotopic (exact) mass is 754 g/mol. The molecule has 5 rings (SSSR count). The van der Waals surface area contributed by atoms with E-state index in [2.05, 4.69) is 41.8 Å². The van der Waals surface area contributed by atoms with E-state index in [9.17, 15) is 23.1 Å². The molecule has 2 aromatic carbocycles. The van der Waals surface area contributed by atoms with Gasteiger partial charge in [-0.2, -0.15) is 18.2 Å². The molecule has 0 radical (unpaired) electrons. The highest BCUT2D eigenvalue weighted by atomic mass is 35.5. The van der Waals surface area contributed by atoms with Crippen LogP contribution < -0.4 is 19.5 Å². The van der Waals surface area contributed by atoms with E-state index in [1.54, 1.807) is 37.3 Å². The number of likely N-dealkylation sites (N-methyl/N-ethyl adjacent to an activating group) is 1. The minimum Gasteiger partial charge on any atom is -0.491 e. The number of rotatable bonds is 15. The molecule has 5 aromatic rings. The first-order valence-corrected chi connectivity index (χ1v) is 17.0. The first kappa shape index (κ1) is 38.1. The highest BCUT2D eigenvalue weighted by Crippen LogP contribution is 2.44. The Labute approximate surface area is 306 Å². The number of carboxylic acids is 1. The maximum atomic E-state index is 12.7. The molecule has 0 spiro atoms. The zero-order valence-electron chi connectivity index (χ0n) is 28.5. The van der Waals surface area contributed by atoms with Crippen molar-refractivity contribution in [1.29, 1.82) is 0 Å². The molecule has 0 amide bonds. The molecule has 16 heteroatoms. The average Bonchev–Trinajstić information content (AvgIpc) is 3.47. The van der Waals surface area contributed by atoms with E-state index in [0.717, 1.165) is 11.1 Å². The zero-order valence-corrected chi connectivity index (χ0v) is 30.1. The number of carbonyl (C=O) groups is 1. The molecule has 0 aliphatic heterocycles. The van der Waals surface area contributed by atoms with Crippen molar-refractivity contribution >= 4 is 44.9 Å². The molecule has 272 valence electrons. The van der Waals surface area contributed by atoms with Crippen LogP contribution >= 0.6 is 22.9 Å². The van der Waals surface area contributed by atoms with E-state index in [1.165, 1.54) is 29.9 Å². The Balaban J connectivity index is 1.43. The molecule has 0 aliphatic carbocycles. The Hall–Kier alpha value is -5.17. The van der Waals surface area contributed by atoms with E-state index in [1.807, 2.05) is 32.0 Å². The van der Waals surface area contributed by atoms with Crippen LogP contribution in [0.2, 0.25) is 5.02 Å². The summed E-state index contributed by atoms with van der Waals surface area (Å²) in [6.45, 7) is 3.10. The van der Waals surface area contributed by atoms with Gasteiger partial charge >= 0.3 is 18.2 Å². The summed E-state index contributed by atoms with van der Waals surface area (Å²) in [6, 6.07) is 10.4. The van der Waals surface area contributed by atoms with Gasteiger partial charge in [0, 0.05) is 24.7 Å². The van der Waals surface area contributed by atoms with E-state index < -0.39 is 30.8 Å². The predicted molar refractivity (Wildman–Crippen MR) is 192 cm³/mol. The summed E-state index contributed by atoms with van der Waals surface area (Å²) in [7, 11) is 3.91. The quantitative estimate of drug-likeness (QED) is 0.107. The van der Waals surface area contributed by atoms with Crippen molar-refractivity contribution in [3.63, 3.8) is 0 Å². The second-order valence-electron chi connectivity index (χ2n) is 11.7. The fourth-order valence-corrected chi connectivity index (χ4v) is 6.38. The normalized spacial score (nSPS) is 11.9. The second kappa shape index (κ2) is 16.9. The smallest absolute Gasteiger partial charge is 0.422 e. The molecule has 0 unspecified atom stereocenters. The van der Waals surface area contributed by atoms with E-state index in [-0.39, 0.29) is 18.7 Å². The van der Waals surface area contributed by atoms with Gasteiger partial charge in [-0.05, 0) is 62.8 Å². The number of carboxylic acid groups (broad SMARTS) is 1. The Bertz CT molecular complexity index is 2120. The number of hydrogen-bond donors (Lipinski definition) is 2. The fourth-order valence-electron chi connectivity index (χ4n) is 5.10. The van der Waals surface area contributed by atoms with Crippen molar-refractivity contribution in [2.75, 3.05) is 39.2 Å². The first-order valence-electron chi connectivity index (χ1n) is 15.8. The maximum Gasteiger partial charge on any atom is 0.422 e. The summed E-state index contributed by atoms with van der Waals surface area (Å²) >= 11 is 8.18. The third kappa shape index (κ3) is 9.58. The van der Waals surface area contributed by atoms with Crippen LogP contribution in [0.5, 0.6) is 17.5 Å². The van der Waals surface area contributed by atoms with Gasteiger partial charge in [0.2, 0.25) is 0 Å². The van der Waals surface area contributed by atoms with E-state index in [4.69, 9.17) is 21.1 Å². The highest BCUT2D eigenvalue weighted by Gasteiger charge is 2.29. The molecule has 2 N–H and O–H groups in total. The number of aliphatic carboxylic acids is 1. The standard InChI is InChI=1S/C36H34ClF3N6O5S/c1-5-8-28-29(24-11-12-27(31(37)21(24)2)49-16-15-46(3)4)30-32(42-20-43-33(30)52-28)45-25(34(47)48)17-22-9-6-7-10-26(22)50-18-23-13-14-41-35(44-23)51-19-36(38,39)40/h6-7,9-14,20,25H,15-19H2,1-4H3,(H,47,48)(H,42,43,45)/t25-/m1/s1. The van der Waals surface area contributed by atoms with Gasteiger partial charge < -0.3 is 29.5 Å². The van der Waals surface area contributed by atoms with Crippen molar-refractivity contribution in [3.8, 4) is 40.5 Å². The molecule has 0 saturated carbocycles. The van der Waals surface area contributed by atoms with Crippen molar-refractivity contribution in [1.82, 2.24) is 24.8 Å². The van der Waals surface area contributed by atoms with Crippen LogP contribution in [0.3, 0.4) is 0 Å². The fraction of sp³-hybridized carbons (Fsp3) is 0.306. The number of halogens is 4. The van der Waals surface area contributed by atoms with Crippen molar-refractivity contribution in [2.45, 2.75) is 39.1 Å². The van der Waals surface area contributed by atoms with Crippen LogP contribution in [0.1, 0.15) is 28.6 Å². The molecule has 11 nitrogen and oxygen atoms in total. The number of benzene rings is 2. The summed E-state index contributed by atoms with van der Waals surface area (Å²) in [6.07, 6.45) is -1.95. The number of fused-ring (bicyclic) bond motifs is 1. The van der Waals surface area contributed by atoms with Gasteiger partial charge in [-0.25, -0.2) is 19.7 Å². The summed E-state index contributed by atoms with van der Waals surface area (Å²) < 4.78 is 54.3. The number of para-hydroxylation sites is 1. The minimum absolute atomic E-state index is 0.0222. The average molecular weight is 755 g/mol. The largest absolute Gasteiger partial charge is 0.491 e. The Morgan fingerprint density at radius 3 is 2.60 bits per heavy atom. The van der Waals surface area contributed by atoms with Gasteiger partial charge in [-0.3, -0.25) is 0 Å². The summed E-state index contributed by atoms with van der Waals surface area (Å²) in [5, 5.41) is 14.5. The molecule has 0 fully saturated rings. The number of alkyl halides is 3. The van der Waals surface area contributed by atoms with Gasteiger partial charge in [-0.15, -0.1) is 17.3 Å². The lowest BCUT2D eigenvalue weighted by molar-refractivity contribution is -0.154. The van der Waals surface area contributed by atoms with Crippen LogP contribution in [-0.4, -0.2) is 82.0 Å². The molecule has 3 heterocycles. The van der Waals surface area contributed by atoms with E-state index in [0.29, 0.717) is 61.7 Å². The highest BCUT2D eigenvalue weighted by molar-refractivity contribution is 7.19. The van der Waals surface area contributed by atoms with Gasteiger partial charge in [0.15, 0.2) is 6.61 Å². The zero-order chi connectivity index (χ0) is 37.4. The first-order chi connectivity index (χ1) is 24.8. The van der Waals surface area contributed by atoms with Gasteiger partial charge in [-0.1, -0.05) is 41.8 Å². The SMILES string of the molecule is CC#Cc1sc2ncnc(N[C@H](Cc3ccccc3OCc3ccnc(OCC(F)(F)F)n3)C(=O)O)c2c1-c1ccc(OCCN(C)C)c(Cl)c1C. The minimum atomic E-state index is -4.54. The molecular weight excluding hydrogens is 721 g/mol. The van der Waals surface area contributed by atoms with E-state index >= 15 is 0 Å².